The molecular formula is C9H17NO5S. The third-order valence-corrected chi connectivity index (χ3v) is 3.56. The lowest BCUT2D eigenvalue weighted by atomic mass is 10.0. The topological polar surface area (TPSA) is 101 Å². The van der Waals surface area contributed by atoms with E-state index < -0.39 is 32.5 Å². The molecule has 1 atom stereocenters. The lowest BCUT2D eigenvalue weighted by Crippen LogP contribution is -2.49. The van der Waals surface area contributed by atoms with E-state index in [1.807, 2.05) is 0 Å². The summed E-state index contributed by atoms with van der Waals surface area (Å²) in [4.78, 5) is 22.0. The van der Waals surface area contributed by atoms with Crippen LogP contribution in [0.15, 0.2) is 0 Å². The number of rotatable bonds is 5. The maximum atomic E-state index is 11.5. The summed E-state index contributed by atoms with van der Waals surface area (Å²) in [7, 11) is -3.46. The molecule has 0 saturated heterocycles. The van der Waals surface area contributed by atoms with Gasteiger partial charge in [0.2, 0.25) is 5.91 Å². The first-order chi connectivity index (χ1) is 6.96. The number of carbonyl (C=O) groups is 2. The minimum atomic E-state index is -3.46. The van der Waals surface area contributed by atoms with Crippen LogP contribution < -0.4 is 5.32 Å². The Morgan fingerprint density at radius 3 is 2.12 bits per heavy atom. The fourth-order valence-electron chi connectivity index (χ4n) is 1.05. The molecule has 0 rings (SSSR count). The Hall–Kier alpha value is -1.11. The van der Waals surface area contributed by atoms with Crippen LogP contribution in [0.1, 0.15) is 27.2 Å². The fraction of sp³-hybridized carbons (Fsp3) is 0.778. The Balaban J connectivity index is 4.63. The number of hydrogen-bond donors (Lipinski definition) is 2. The molecule has 0 aliphatic carbocycles. The van der Waals surface area contributed by atoms with Crippen LogP contribution in [-0.4, -0.2) is 42.4 Å². The van der Waals surface area contributed by atoms with Gasteiger partial charge in [0.05, 0.1) is 6.42 Å². The van der Waals surface area contributed by atoms with Crippen LogP contribution in [0.5, 0.6) is 0 Å². The van der Waals surface area contributed by atoms with Crippen molar-refractivity contribution in [2.45, 2.75) is 38.0 Å². The van der Waals surface area contributed by atoms with Gasteiger partial charge in [0.15, 0.2) is 9.84 Å². The van der Waals surface area contributed by atoms with Gasteiger partial charge in [-0.05, 0) is 20.8 Å². The number of carboxylic acid groups (broad SMARTS) is 1. The van der Waals surface area contributed by atoms with Gasteiger partial charge in [-0.1, -0.05) is 0 Å². The van der Waals surface area contributed by atoms with Gasteiger partial charge in [0.1, 0.15) is 5.25 Å². The average molecular weight is 251 g/mol. The molecule has 16 heavy (non-hydrogen) atoms. The number of nitrogens with one attached hydrogen (secondary N) is 1. The second-order valence-corrected chi connectivity index (χ2v) is 6.78. The summed E-state index contributed by atoms with van der Waals surface area (Å²) >= 11 is 0. The molecule has 0 aliphatic heterocycles. The first-order valence-corrected chi connectivity index (χ1v) is 6.64. The highest BCUT2D eigenvalue weighted by Gasteiger charge is 2.30. The number of amides is 1. The molecular weight excluding hydrogens is 234 g/mol. The highest BCUT2D eigenvalue weighted by molar-refractivity contribution is 7.92. The van der Waals surface area contributed by atoms with E-state index in [0.717, 1.165) is 6.26 Å². The molecule has 0 saturated carbocycles. The lowest BCUT2D eigenvalue weighted by Gasteiger charge is -2.25. The van der Waals surface area contributed by atoms with Crippen molar-refractivity contribution in [3.05, 3.63) is 0 Å². The average Bonchev–Trinajstić information content (AvgIpc) is 1.97. The Kier molecular flexibility index (Phi) is 4.48. The summed E-state index contributed by atoms with van der Waals surface area (Å²) in [5.74, 6) is -1.74. The van der Waals surface area contributed by atoms with Gasteiger partial charge in [-0.25, -0.2) is 8.42 Å². The van der Waals surface area contributed by atoms with Crippen LogP contribution in [-0.2, 0) is 19.4 Å². The van der Waals surface area contributed by atoms with E-state index in [9.17, 15) is 18.0 Å². The normalized spacial score (nSPS) is 14.2. The maximum Gasteiger partial charge on any atom is 0.305 e. The van der Waals surface area contributed by atoms with Crippen LogP contribution in [0, 0.1) is 0 Å². The van der Waals surface area contributed by atoms with E-state index in [4.69, 9.17) is 5.11 Å². The van der Waals surface area contributed by atoms with Crippen molar-refractivity contribution in [2.24, 2.45) is 0 Å². The zero-order chi connectivity index (χ0) is 13.1. The van der Waals surface area contributed by atoms with Gasteiger partial charge in [0.25, 0.3) is 0 Å². The predicted octanol–water partition coefficient (Wildman–Crippen LogP) is -0.211. The lowest BCUT2D eigenvalue weighted by molar-refractivity contribution is -0.138. The van der Waals surface area contributed by atoms with Crippen molar-refractivity contribution in [3.63, 3.8) is 0 Å². The quantitative estimate of drug-likeness (QED) is 0.704. The predicted molar refractivity (Wildman–Crippen MR) is 58.8 cm³/mol. The fourth-order valence-corrected chi connectivity index (χ4v) is 1.50. The minimum absolute atomic E-state index is 0.269. The summed E-state index contributed by atoms with van der Waals surface area (Å²) in [6.07, 6.45) is 0.691. The molecule has 0 aromatic rings. The van der Waals surface area contributed by atoms with Gasteiger partial charge < -0.3 is 10.4 Å². The molecule has 6 nitrogen and oxygen atoms in total. The van der Waals surface area contributed by atoms with E-state index in [-0.39, 0.29) is 6.42 Å². The Labute approximate surface area is 95.0 Å². The van der Waals surface area contributed by atoms with Crippen molar-refractivity contribution >= 4 is 21.7 Å². The van der Waals surface area contributed by atoms with Crippen molar-refractivity contribution in [1.82, 2.24) is 5.32 Å². The highest BCUT2D eigenvalue weighted by Crippen LogP contribution is 2.09. The maximum absolute atomic E-state index is 11.5. The monoisotopic (exact) mass is 251 g/mol. The van der Waals surface area contributed by atoms with Gasteiger partial charge in [-0.15, -0.1) is 0 Å². The van der Waals surface area contributed by atoms with Crippen molar-refractivity contribution in [2.75, 3.05) is 6.26 Å². The van der Waals surface area contributed by atoms with Gasteiger partial charge >= 0.3 is 5.97 Å². The smallest absolute Gasteiger partial charge is 0.305 e. The number of sulfone groups is 1. The van der Waals surface area contributed by atoms with E-state index >= 15 is 0 Å². The molecule has 0 aromatic carbocycles. The Bertz CT molecular complexity index is 385. The first kappa shape index (κ1) is 14.9. The summed E-state index contributed by atoms with van der Waals surface area (Å²) in [6.45, 7) is 4.31. The van der Waals surface area contributed by atoms with Crippen LogP contribution in [0.25, 0.3) is 0 Å². The van der Waals surface area contributed by atoms with E-state index in [1.165, 1.54) is 20.8 Å². The molecule has 1 amide bonds. The SMILES string of the molecule is CC(C(=O)NC(C)(C)CC(=O)O)S(C)(=O)=O. The van der Waals surface area contributed by atoms with Gasteiger partial charge in [-0.3, -0.25) is 9.59 Å². The second-order valence-electron chi connectivity index (χ2n) is 4.42. The number of hydrogen-bond acceptors (Lipinski definition) is 4. The summed E-state index contributed by atoms with van der Waals surface area (Å²) < 4.78 is 22.2. The Morgan fingerprint density at radius 2 is 1.81 bits per heavy atom. The van der Waals surface area contributed by atoms with Crippen molar-refractivity contribution in [1.29, 1.82) is 0 Å². The van der Waals surface area contributed by atoms with Crippen LogP contribution in [0.4, 0.5) is 0 Å². The summed E-state index contributed by atoms with van der Waals surface area (Å²) in [5, 5.41) is 9.81. The van der Waals surface area contributed by atoms with Crippen LogP contribution in [0.3, 0.4) is 0 Å². The van der Waals surface area contributed by atoms with Gasteiger partial charge in [-0.2, -0.15) is 0 Å². The third-order valence-electron chi connectivity index (χ3n) is 2.07. The molecule has 0 aliphatic rings. The number of carboxylic acids is 1. The van der Waals surface area contributed by atoms with E-state index in [0.29, 0.717) is 0 Å². The number of carbonyl (C=O) groups excluding carboxylic acids is 1. The van der Waals surface area contributed by atoms with Crippen LogP contribution in [0.2, 0.25) is 0 Å². The minimum Gasteiger partial charge on any atom is -0.481 e. The summed E-state index contributed by atoms with van der Waals surface area (Å²) in [6, 6.07) is 0. The Morgan fingerprint density at radius 1 is 1.38 bits per heavy atom. The number of aliphatic carboxylic acids is 1. The largest absolute Gasteiger partial charge is 0.481 e. The molecule has 0 aromatic heterocycles. The third kappa shape index (κ3) is 5.11. The molecule has 7 heteroatoms. The standard InChI is InChI=1S/C9H17NO5S/c1-6(16(4,14)15)8(13)10-9(2,3)5-7(11)12/h6H,5H2,1-4H3,(H,10,13)(H,11,12). The van der Waals surface area contributed by atoms with E-state index in [1.54, 1.807) is 0 Å². The highest BCUT2D eigenvalue weighted by atomic mass is 32.2. The van der Waals surface area contributed by atoms with Crippen molar-refractivity contribution < 1.29 is 23.1 Å². The molecule has 2 N–H and O–H groups in total. The molecule has 0 spiro atoms. The molecule has 94 valence electrons. The zero-order valence-corrected chi connectivity index (χ0v) is 10.6. The second kappa shape index (κ2) is 4.82. The first-order valence-electron chi connectivity index (χ1n) is 4.68. The molecule has 0 heterocycles. The molecule has 0 radical (unpaired) electrons. The molecule has 1 unspecified atom stereocenters. The zero-order valence-electron chi connectivity index (χ0n) is 9.77. The molecule has 0 fully saturated rings. The van der Waals surface area contributed by atoms with Gasteiger partial charge in [0, 0.05) is 11.8 Å². The van der Waals surface area contributed by atoms with E-state index in [2.05, 4.69) is 5.32 Å². The molecule has 0 bridgehead atoms. The van der Waals surface area contributed by atoms with Crippen LogP contribution >= 0.6 is 0 Å². The summed E-state index contributed by atoms with van der Waals surface area (Å²) in [5.41, 5.74) is -0.970. The van der Waals surface area contributed by atoms with Crippen molar-refractivity contribution in [3.8, 4) is 0 Å².